The van der Waals surface area contributed by atoms with E-state index in [-0.39, 0.29) is 6.04 Å². The highest BCUT2D eigenvalue weighted by atomic mass is 16.5. The Hall–Kier alpha value is -1.88. The van der Waals surface area contributed by atoms with Crippen molar-refractivity contribution in [3.8, 4) is 5.75 Å². The Labute approximate surface area is 112 Å². The van der Waals surface area contributed by atoms with E-state index in [4.69, 9.17) is 9.26 Å². The molecule has 0 aliphatic carbocycles. The topological polar surface area (TPSA) is 60.2 Å². The smallest absolute Gasteiger partial charge is 0.231 e. The van der Waals surface area contributed by atoms with Crippen molar-refractivity contribution in [1.82, 2.24) is 15.5 Å². The second-order valence-corrected chi connectivity index (χ2v) is 4.68. The predicted molar refractivity (Wildman–Crippen MR) is 70.1 cm³/mol. The van der Waals surface area contributed by atoms with Gasteiger partial charge in [-0.15, -0.1) is 0 Å². The van der Waals surface area contributed by atoms with Crippen LogP contribution in [0, 0.1) is 0 Å². The Morgan fingerprint density at radius 2 is 2.32 bits per heavy atom. The summed E-state index contributed by atoms with van der Waals surface area (Å²) in [5, 5.41) is 7.42. The van der Waals surface area contributed by atoms with Crippen molar-refractivity contribution in [1.29, 1.82) is 0 Å². The van der Waals surface area contributed by atoms with Crippen LogP contribution in [0.4, 0.5) is 0 Å². The van der Waals surface area contributed by atoms with Gasteiger partial charge in [0.1, 0.15) is 5.75 Å². The zero-order chi connectivity index (χ0) is 13.1. The van der Waals surface area contributed by atoms with E-state index in [0.717, 1.165) is 30.1 Å². The molecule has 2 aromatic rings. The molecule has 0 saturated carbocycles. The Balaban J connectivity index is 1.76. The molecule has 0 bridgehead atoms. The summed E-state index contributed by atoms with van der Waals surface area (Å²) < 4.78 is 10.6. The van der Waals surface area contributed by atoms with E-state index in [1.165, 1.54) is 6.42 Å². The van der Waals surface area contributed by atoms with Gasteiger partial charge in [-0.25, -0.2) is 0 Å². The number of rotatable bonds is 4. The van der Waals surface area contributed by atoms with Crippen molar-refractivity contribution < 1.29 is 9.26 Å². The average Bonchev–Trinajstić information content (AvgIpc) is 3.09. The Bertz CT molecular complexity index is 547. The highest BCUT2D eigenvalue weighted by molar-refractivity contribution is 5.34. The molecule has 1 N–H and O–H groups in total. The molecule has 2 heterocycles. The third kappa shape index (κ3) is 2.61. The van der Waals surface area contributed by atoms with E-state index >= 15 is 0 Å². The molecule has 1 unspecified atom stereocenters. The summed E-state index contributed by atoms with van der Waals surface area (Å²) in [6, 6.07) is 8.12. The fraction of sp³-hybridized carbons (Fsp3) is 0.429. The van der Waals surface area contributed by atoms with Crippen LogP contribution in [0.1, 0.15) is 36.2 Å². The van der Waals surface area contributed by atoms with Gasteiger partial charge in [0.25, 0.3) is 0 Å². The fourth-order valence-electron chi connectivity index (χ4n) is 2.40. The first-order valence-corrected chi connectivity index (χ1v) is 6.54. The molecule has 1 aromatic carbocycles. The Morgan fingerprint density at radius 1 is 1.42 bits per heavy atom. The molecule has 0 spiro atoms. The van der Waals surface area contributed by atoms with Crippen LogP contribution < -0.4 is 10.1 Å². The Morgan fingerprint density at radius 3 is 3.11 bits per heavy atom. The first-order chi connectivity index (χ1) is 9.36. The lowest BCUT2D eigenvalue weighted by atomic mass is 10.1. The second kappa shape index (κ2) is 5.40. The molecule has 3 rings (SSSR count). The van der Waals surface area contributed by atoms with Gasteiger partial charge in [0.05, 0.1) is 19.6 Å². The van der Waals surface area contributed by atoms with Crippen LogP contribution in [-0.2, 0) is 6.42 Å². The van der Waals surface area contributed by atoms with Gasteiger partial charge in [-0.3, -0.25) is 0 Å². The number of nitrogens with one attached hydrogen (secondary N) is 1. The molecule has 100 valence electrons. The molecule has 5 heteroatoms. The van der Waals surface area contributed by atoms with Gasteiger partial charge in [0.15, 0.2) is 5.82 Å². The maximum Gasteiger partial charge on any atom is 0.231 e. The second-order valence-electron chi connectivity index (χ2n) is 4.68. The monoisotopic (exact) mass is 259 g/mol. The van der Waals surface area contributed by atoms with E-state index in [1.807, 2.05) is 24.3 Å². The number of hydrogen-bond donors (Lipinski definition) is 1. The summed E-state index contributed by atoms with van der Waals surface area (Å²) in [5.74, 6) is 2.25. The SMILES string of the molecule is COc1ccccc1Cc1nc(C2CCCN2)no1. The van der Waals surface area contributed by atoms with Crippen molar-refractivity contribution in [2.75, 3.05) is 13.7 Å². The fourth-order valence-corrected chi connectivity index (χ4v) is 2.40. The van der Waals surface area contributed by atoms with E-state index in [9.17, 15) is 0 Å². The zero-order valence-electron chi connectivity index (χ0n) is 10.9. The molecule has 0 amide bonds. The minimum absolute atomic E-state index is 0.246. The molecule has 1 atom stereocenters. The third-order valence-corrected chi connectivity index (χ3v) is 3.39. The van der Waals surface area contributed by atoms with Gasteiger partial charge in [0, 0.05) is 5.56 Å². The van der Waals surface area contributed by atoms with Gasteiger partial charge >= 0.3 is 0 Å². The number of nitrogens with zero attached hydrogens (tertiary/aromatic N) is 2. The molecule has 0 radical (unpaired) electrons. The third-order valence-electron chi connectivity index (χ3n) is 3.39. The maximum atomic E-state index is 5.32. The number of para-hydroxylation sites is 1. The molecule has 1 saturated heterocycles. The summed E-state index contributed by atoms with van der Waals surface area (Å²) in [5.41, 5.74) is 1.06. The van der Waals surface area contributed by atoms with Crippen molar-refractivity contribution in [2.24, 2.45) is 0 Å². The number of methoxy groups -OCH3 is 1. The van der Waals surface area contributed by atoms with Crippen molar-refractivity contribution in [2.45, 2.75) is 25.3 Å². The van der Waals surface area contributed by atoms with E-state index < -0.39 is 0 Å². The number of hydrogen-bond acceptors (Lipinski definition) is 5. The average molecular weight is 259 g/mol. The van der Waals surface area contributed by atoms with Crippen LogP contribution >= 0.6 is 0 Å². The molecule has 1 aliphatic rings. The van der Waals surface area contributed by atoms with Gasteiger partial charge in [0.2, 0.25) is 5.89 Å². The number of aromatic nitrogens is 2. The quantitative estimate of drug-likeness (QED) is 0.911. The zero-order valence-corrected chi connectivity index (χ0v) is 10.9. The summed E-state index contributed by atoms with van der Waals surface area (Å²) in [4.78, 5) is 4.47. The van der Waals surface area contributed by atoms with Crippen LogP contribution in [-0.4, -0.2) is 23.8 Å². The van der Waals surface area contributed by atoms with Gasteiger partial charge in [-0.1, -0.05) is 23.4 Å². The molecule has 1 aliphatic heterocycles. The molecule has 5 nitrogen and oxygen atoms in total. The first kappa shape index (κ1) is 12.2. The van der Waals surface area contributed by atoms with Gasteiger partial charge < -0.3 is 14.6 Å². The predicted octanol–water partition coefficient (Wildman–Crippen LogP) is 2.09. The maximum absolute atomic E-state index is 5.32. The normalized spacial score (nSPS) is 18.7. The highest BCUT2D eigenvalue weighted by Crippen LogP contribution is 2.23. The van der Waals surface area contributed by atoms with Crippen LogP contribution in [0.3, 0.4) is 0 Å². The molecule has 1 aromatic heterocycles. The van der Waals surface area contributed by atoms with Crippen LogP contribution in [0.15, 0.2) is 28.8 Å². The molecule has 19 heavy (non-hydrogen) atoms. The molecular formula is C14H17N3O2. The minimum atomic E-state index is 0.246. The van der Waals surface area contributed by atoms with E-state index in [0.29, 0.717) is 12.3 Å². The lowest BCUT2D eigenvalue weighted by Gasteiger charge is -2.05. The summed E-state index contributed by atoms with van der Waals surface area (Å²) >= 11 is 0. The Kier molecular flexibility index (Phi) is 3.46. The van der Waals surface area contributed by atoms with Crippen molar-refractivity contribution in [3.63, 3.8) is 0 Å². The van der Waals surface area contributed by atoms with E-state index in [2.05, 4.69) is 15.5 Å². The number of benzene rings is 1. The largest absolute Gasteiger partial charge is 0.496 e. The summed E-state index contributed by atoms with van der Waals surface area (Å²) in [7, 11) is 1.67. The highest BCUT2D eigenvalue weighted by Gasteiger charge is 2.21. The van der Waals surface area contributed by atoms with Gasteiger partial charge in [-0.05, 0) is 25.5 Å². The summed E-state index contributed by atoms with van der Waals surface area (Å²) in [6.45, 7) is 1.03. The standard InChI is InChI=1S/C14H17N3O2/c1-18-12-7-3-2-5-10(12)9-13-16-14(17-19-13)11-6-4-8-15-11/h2-3,5,7,11,15H,4,6,8-9H2,1H3. The van der Waals surface area contributed by atoms with Gasteiger partial charge in [-0.2, -0.15) is 4.98 Å². The number of ether oxygens (including phenoxy) is 1. The minimum Gasteiger partial charge on any atom is -0.496 e. The van der Waals surface area contributed by atoms with Crippen LogP contribution in [0.5, 0.6) is 5.75 Å². The van der Waals surface area contributed by atoms with Crippen molar-refractivity contribution in [3.05, 3.63) is 41.5 Å². The molecular weight excluding hydrogens is 242 g/mol. The van der Waals surface area contributed by atoms with Crippen LogP contribution in [0.25, 0.3) is 0 Å². The summed E-state index contributed by atoms with van der Waals surface area (Å²) in [6.07, 6.45) is 2.85. The molecule has 1 fully saturated rings. The first-order valence-electron chi connectivity index (χ1n) is 6.54. The lowest BCUT2D eigenvalue weighted by molar-refractivity contribution is 0.369. The van der Waals surface area contributed by atoms with Crippen LogP contribution in [0.2, 0.25) is 0 Å². The van der Waals surface area contributed by atoms with Crippen molar-refractivity contribution >= 4 is 0 Å². The van der Waals surface area contributed by atoms with E-state index in [1.54, 1.807) is 7.11 Å². The lowest BCUT2D eigenvalue weighted by Crippen LogP contribution is -2.14.